The molecule has 0 aromatic carbocycles. The fraction of sp³-hybridized carbons (Fsp3) is 1.00. The monoisotopic (exact) mass is 156 g/mol. The fourth-order valence-electron chi connectivity index (χ4n) is 1.49. The summed E-state index contributed by atoms with van der Waals surface area (Å²) in [5.74, 6) is 0. The van der Waals surface area contributed by atoms with E-state index in [2.05, 4.69) is 22.6 Å². The van der Waals surface area contributed by atoms with Crippen molar-refractivity contribution in [3.63, 3.8) is 0 Å². The lowest BCUT2D eigenvalue weighted by atomic mass is 10.3. The maximum absolute atomic E-state index is 4.56. The number of nitrogens with zero attached hydrogens (tertiary/aromatic N) is 2. The van der Waals surface area contributed by atoms with Gasteiger partial charge in [0.15, 0.2) is 0 Å². The topological polar surface area (TPSA) is 29.4 Å². The van der Waals surface area contributed by atoms with Gasteiger partial charge < -0.3 is 10.2 Å². The third-order valence-electron chi connectivity index (χ3n) is 2.05. The molecule has 1 rings (SSSR count). The van der Waals surface area contributed by atoms with Crippen LogP contribution in [0.5, 0.6) is 0 Å². The molecule has 0 aliphatic carbocycles. The standard InChI is InChI=1S/C8H18N3/c1-9-6-8-7-11(2)5-3-4-10-8/h8-9H,3-7H2,1-2H3. The van der Waals surface area contributed by atoms with Crippen molar-refractivity contribution in [2.45, 2.75) is 12.5 Å². The van der Waals surface area contributed by atoms with Gasteiger partial charge in [0.1, 0.15) is 0 Å². The number of hydrogen-bond donors (Lipinski definition) is 1. The van der Waals surface area contributed by atoms with Gasteiger partial charge in [0.05, 0.1) is 0 Å². The molecule has 0 spiro atoms. The van der Waals surface area contributed by atoms with Gasteiger partial charge in [-0.1, -0.05) is 0 Å². The molecule has 65 valence electrons. The van der Waals surface area contributed by atoms with Crippen LogP contribution in [-0.4, -0.2) is 51.2 Å². The number of nitrogens with one attached hydrogen (secondary N) is 1. The van der Waals surface area contributed by atoms with Gasteiger partial charge in [0.25, 0.3) is 0 Å². The molecule has 1 saturated heterocycles. The summed E-state index contributed by atoms with van der Waals surface area (Å²) < 4.78 is 0. The van der Waals surface area contributed by atoms with E-state index in [1.165, 1.54) is 13.0 Å². The molecular weight excluding hydrogens is 138 g/mol. The van der Waals surface area contributed by atoms with Crippen LogP contribution in [0.3, 0.4) is 0 Å². The first kappa shape index (κ1) is 8.97. The Morgan fingerprint density at radius 3 is 3.18 bits per heavy atom. The van der Waals surface area contributed by atoms with E-state index in [0.29, 0.717) is 6.04 Å². The summed E-state index contributed by atoms with van der Waals surface area (Å²) in [5, 5.41) is 7.72. The average Bonchev–Trinajstić information content (AvgIpc) is 2.15. The smallest absolute Gasteiger partial charge is 0.0497 e. The molecule has 1 heterocycles. The first-order chi connectivity index (χ1) is 5.33. The molecule has 1 radical (unpaired) electrons. The minimum atomic E-state index is 0.507. The summed E-state index contributed by atoms with van der Waals surface area (Å²) in [7, 11) is 4.16. The highest BCUT2D eigenvalue weighted by molar-refractivity contribution is 4.75. The average molecular weight is 156 g/mol. The minimum Gasteiger partial charge on any atom is -0.318 e. The van der Waals surface area contributed by atoms with Crippen molar-refractivity contribution < 1.29 is 0 Å². The first-order valence-corrected chi connectivity index (χ1v) is 4.32. The number of rotatable bonds is 2. The Morgan fingerprint density at radius 2 is 2.45 bits per heavy atom. The maximum atomic E-state index is 4.56. The molecule has 0 aromatic rings. The maximum Gasteiger partial charge on any atom is 0.0497 e. The fourth-order valence-corrected chi connectivity index (χ4v) is 1.49. The van der Waals surface area contributed by atoms with Crippen LogP contribution in [0.4, 0.5) is 0 Å². The Hall–Kier alpha value is -0.120. The highest BCUT2D eigenvalue weighted by Gasteiger charge is 2.14. The van der Waals surface area contributed by atoms with Gasteiger partial charge in [-0.15, -0.1) is 0 Å². The summed E-state index contributed by atoms with van der Waals surface area (Å²) >= 11 is 0. The van der Waals surface area contributed by atoms with E-state index in [9.17, 15) is 0 Å². The van der Waals surface area contributed by atoms with Crippen LogP contribution in [0.25, 0.3) is 0 Å². The summed E-state index contributed by atoms with van der Waals surface area (Å²) in [6.07, 6.45) is 1.22. The second kappa shape index (κ2) is 4.70. The number of likely N-dealkylation sites (N-methyl/N-ethyl adjacent to an activating group) is 2. The van der Waals surface area contributed by atoms with Crippen molar-refractivity contribution in [1.29, 1.82) is 0 Å². The Kier molecular flexibility index (Phi) is 3.83. The van der Waals surface area contributed by atoms with E-state index in [1.54, 1.807) is 0 Å². The summed E-state index contributed by atoms with van der Waals surface area (Å²) in [5.41, 5.74) is 0. The van der Waals surface area contributed by atoms with E-state index in [0.717, 1.165) is 19.6 Å². The van der Waals surface area contributed by atoms with E-state index < -0.39 is 0 Å². The molecule has 1 unspecified atom stereocenters. The molecule has 3 nitrogen and oxygen atoms in total. The van der Waals surface area contributed by atoms with Crippen LogP contribution in [0.15, 0.2) is 0 Å². The van der Waals surface area contributed by atoms with Gasteiger partial charge in [-0.25, -0.2) is 5.32 Å². The van der Waals surface area contributed by atoms with E-state index in [-0.39, 0.29) is 0 Å². The zero-order chi connectivity index (χ0) is 8.10. The van der Waals surface area contributed by atoms with Gasteiger partial charge in [0, 0.05) is 25.7 Å². The Labute approximate surface area is 69.1 Å². The van der Waals surface area contributed by atoms with Gasteiger partial charge in [0.2, 0.25) is 0 Å². The minimum absolute atomic E-state index is 0.507. The van der Waals surface area contributed by atoms with Crippen molar-refractivity contribution in [2.75, 3.05) is 40.3 Å². The summed E-state index contributed by atoms with van der Waals surface area (Å²) in [4.78, 5) is 2.36. The highest BCUT2D eigenvalue weighted by Crippen LogP contribution is 1.97. The first-order valence-electron chi connectivity index (χ1n) is 4.32. The van der Waals surface area contributed by atoms with Gasteiger partial charge in [-0.2, -0.15) is 0 Å². The van der Waals surface area contributed by atoms with Crippen LogP contribution >= 0.6 is 0 Å². The third kappa shape index (κ3) is 3.18. The molecule has 1 aliphatic heterocycles. The largest absolute Gasteiger partial charge is 0.318 e. The molecule has 1 aliphatic rings. The van der Waals surface area contributed by atoms with E-state index in [4.69, 9.17) is 0 Å². The Bertz CT molecular complexity index is 106. The lowest BCUT2D eigenvalue weighted by Gasteiger charge is -2.18. The molecule has 0 aromatic heterocycles. The van der Waals surface area contributed by atoms with Gasteiger partial charge in [-0.3, -0.25) is 0 Å². The molecule has 0 saturated carbocycles. The predicted octanol–water partition coefficient (Wildman–Crippen LogP) is -0.486. The zero-order valence-corrected chi connectivity index (χ0v) is 7.51. The normalized spacial score (nSPS) is 28.4. The van der Waals surface area contributed by atoms with Gasteiger partial charge in [-0.05, 0) is 27.1 Å². The Balaban J connectivity index is 2.27. The van der Waals surface area contributed by atoms with Crippen molar-refractivity contribution in [2.24, 2.45) is 0 Å². The predicted molar refractivity (Wildman–Crippen MR) is 46.8 cm³/mol. The zero-order valence-electron chi connectivity index (χ0n) is 7.51. The molecule has 11 heavy (non-hydrogen) atoms. The Morgan fingerprint density at radius 1 is 1.64 bits per heavy atom. The van der Waals surface area contributed by atoms with E-state index in [1.807, 2.05) is 7.05 Å². The van der Waals surface area contributed by atoms with Crippen molar-refractivity contribution in [1.82, 2.24) is 15.5 Å². The molecule has 0 bridgehead atoms. The lowest BCUT2D eigenvalue weighted by molar-refractivity contribution is 0.319. The molecule has 3 heteroatoms. The quantitative estimate of drug-likeness (QED) is 0.585. The van der Waals surface area contributed by atoms with Crippen molar-refractivity contribution in [3.05, 3.63) is 0 Å². The molecule has 1 fully saturated rings. The van der Waals surface area contributed by atoms with Crippen molar-refractivity contribution >= 4 is 0 Å². The van der Waals surface area contributed by atoms with Gasteiger partial charge >= 0.3 is 0 Å². The molecule has 1 atom stereocenters. The van der Waals surface area contributed by atoms with Crippen LogP contribution in [0.2, 0.25) is 0 Å². The summed E-state index contributed by atoms with van der Waals surface area (Å²) in [6.45, 7) is 4.37. The van der Waals surface area contributed by atoms with Crippen LogP contribution in [-0.2, 0) is 0 Å². The second-order valence-corrected chi connectivity index (χ2v) is 3.23. The SMILES string of the molecule is CNCC1CN(C)CCC[N]1. The lowest BCUT2D eigenvalue weighted by Crippen LogP contribution is -2.39. The molecular formula is C8H18N3. The van der Waals surface area contributed by atoms with Crippen LogP contribution in [0, 0.1) is 0 Å². The van der Waals surface area contributed by atoms with E-state index >= 15 is 0 Å². The van der Waals surface area contributed by atoms with Crippen LogP contribution in [0.1, 0.15) is 6.42 Å². The second-order valence-electron chi connectivity index (χ2n) is 3.23. The van der Waals surface area contributed by atoms with Crippen LogP contribution < -0.4 is 10.6 Å². The molecule has 0 amide bonds. The summed E-state index contributed by atoms with van der Waals surface area (Å²) in [6, 6.07) is 0.507. The number of hydrogen-bond acceptors (Lipinski definition) is 2. The highest BCUT2D eigenvalue weighted by atomic mass is 15.1. The van der Waals surface area contributed by atoms with Crippen molar-refractivity contribution in [3.8, 4) is 0 Å². The third-order valence-corrected chi connectivity index (χ3v) is 2.05. The molecule has 1 N–H and O–H groups in total.